The third-order valence-electron chi connectivity index (χ3n) is 3.81. The van der Waals surface area contributed by atoms with E-state index in [0.717, 1.165) is 25.2 Å². The Balaban J connectivity index is 1.70. The molecule has 0 aromatic heterocycles. The van der Waals surface area contributed by atoms with Crippen LogP contribution in [0.2, 0.25) is 0 Å². The van der Waals surface area contributed by atoms with Gasteiger partial charge in [-0.25, -0.2) is 0 Å². The van der Waals surface area contributed by atoms with Crippen molar-refractivity contribution in [1.29, 1.82) is 0 Å². The molecule has 3 aromatic rings. The molecular weight excluding hydrogens is 290 g/mol. The Hall–Kier alpha value is -2.82. The van der Waals surface area contributed by atoms with Gasteiger partial charge in [-0.1, -0.05) is 90.7 Å². The maximum Gasteiger partial charge on any atom is 0.0611 e. The molecule has 0 N–H and O–H groups in total. The fourth-order valence-electron chi connectivity index (χ4n) is 2.63. The molecule has 0 aliphatic heterocycles. The highest BCUT2D eigenvalue weighted by atomic mass is 15.1. The maximum atomic E-state index is 3.32. The molecule has 0 aliphatic rings. The molecule has 0 spiro atoms. The second-order valence-electron chi connectivity index (χ2n) is 5.78. The van der Waals surface area contributed by atoms with Crippen LogP contribution in [0.4, 0.5) is 0 Å². The summed E-state index contributed by atoms with van der Waals surface area (Å²) < 4.78 is 0. The molecule has 1 heteroatoms. The number of hydrogen-bond donors (Lipinski definition) is 0. The van der Waals surface area contributed by atoms with Crippen molar-refractivity contribution >= 4 is 0 Å². The largest absolute Gasteiger partial charge is 0.284 e. The molecular formula is C23H21N. The Labute approximate surface area is 144 Å². The first-order valence-corrected chi connectivity index (χ1v) is 8.24. The third kappa shape index (κ3) is 5.12. The van der Waals surface area contributed by atoms with Gasteiger partial charge in [0.15, 0.2) is 0 Å². The maximum absolute atomic E-state index is 3.32. The van der Waals surface area contributed by atoms with Crippen LogP contribution in [0.1, 0.15) is 16.7 Å². The van der Waals surface area contributed by atoms with Crippen LogP contribution in [-0.2, 0) is 13.1 Å². The molecule has 0 amide bonds. The van der Waals surface area contributed by atoms with Gasteiger partial charge in [0.25, 0.3) is 0 Å². The summed E-state index contributed by atoms with van der Waals surface area (Å²) >= 11 is 0. The van der Waals surface area contributed by atoms with Crippen molar-refractivity contribution in [3.63, 3.8) is 0 Å². The van der Waals surface area contributed by atoms with Crippen molar-refractivity contribution in [2.45, 2.75) is 13.1 Å². The molecule has 0 saturated carbocycles. The fraction of sp³-hybridized carbons (Fsp3) is 0.130. The normalized spacial score (nSPS) is 10.2. The van der Waals surface area contributed by atoms with Crippen LogP contribution in [0.25, 0.3) is 0 Å². The van der Waals surface area contributed by atoms with Crippen LogP contribution in [0.15, 0.2) is 91.0 Å². The van der Waals surface area contributed by atoms with Gasteiger partial charge in [-0.3, -0.25) is 4.90 Å². The van der Waals surface area contributed by atoms with Gasteiger partial charge in [-0.05, 0) is 23.3 Å². The zero-order chi connectivity index (χ0) is 16.5. The van der Waals surface area contributed by atoms with Crippen LogP contribution < -0.4 is 0 Å². The molecule has 3 rings (SSSR count). The zero-order valence-electron chi connectivity index (χ0n) is 13.7. The first-order valence-electron chi connectivity index (χ1n) is 8.24. The van der Waals surface area contributed by atoms with E-state index < -0.39 is 0 Å². The lowest BCUT2D eigenvalue weighted by molar-refractivity contribution is 0.290. The summed E-state index contributed by atoms with van der Waals surface area (Å²) in [7, 11) is 0. The average molecular weight is 311 g/mol. The SMILES string of the molecule is C(#Cc1ccccc1)CN(Cc1ccccc1)Cc1ccccc1. The van der Waals surface area contributed by atoms with E-state index in [1.807, 2.05) is 30.3 Å². The second-order valence-corrected chi connectivity index (χ2v) is 5.78. The summed E-state index contributed by atoms with van der Waals surface area (Å²) in [6.07, 6.45) is 0. The van der Waals surface area contributed by atoms with E-state index in [0.29, 0.717) is 0 Å². The summed E-state index contributed by atoms with van der Waals surface area (Å²) in [5.74, 6) is 6.57. The predicted molar refractivity (Wildman–Crippen MR) is 100 cm³/mol. The highest BCUT2D eigenvalue weighted by Gasteiger charge is 2.05. The lowest BCUT2D eigenvalue weighted by Gasteiger charge is -2.20. The zero-order valence-corrected chi connectivity index (χ0v) is 13.7. The van der Waals surface area contributed by atoms with Crippen molar-refractivity contribution in [1.82, 2.24) is 4.90 Å². The minimum Gasteiger partial charge on any atom is -0.284 e. The Morgan fingerprint density at radius 2 is 1.04 bits per heavy atom. The number of rotatable bonds is 5. The molecule has 0 radical (unpaired) electrons. The van der Waals surface area contributed by atoms with E-state index in [-0.39, 0.29) is 0 Å². The molecule has 3 aromatic carbocycles. The van der Waals surface area contributed by atoms with Gasteiger partial charge in [0.2, 0.25) is 0 Å². The van der Waals surface area contributed by atoms with Crippen molar-refractivity contribution in [3.8, 4) is 11.8 Å². The van der Waals surface area contributed by atoms with Gasteiger partial charge in [0.05, 0.1) is 6.54 Å². The van der Waals surface area contributed by atoms with Crippen molar-refractivity contribution < 1.29 is 0 Å². The summed E-state index contributed by atoms with van der Waals surface area (Å²) in [5, 5.41) is 0. The molecule has 1 nitrogen and oxygen atoms in total. The fourth-order valence-corrected chi connectivity index (χ4v) is 2.63. The molecule has 0 fully saturated rings. The van der Waals surface area contributed by atoms with Gasteiger partial charge >= 0.3 is 0 Å². The standard InChI is InChI=1S/C23H21N/c1-4-11-21(12-5-1)17-10-18-24(19-22-13-6-2-7-14-22)20-23-15-8-3-9-16-23/h1-9,11-16H,18-20H2. The second kappa shape index (κ2) is 8.72. The lowest BCUT2D eigenvalue weighted by Crippen LogP contribution is -2.23. The molecule has 0 atom stereocenters. The topological polar surface area (TPSA) is 3.24 Å². The van der Waals surface area contributed by atoms with E-state index in [2.05, 4.69) is 77.4 Å². The predicted octanol–water partition coefficient (Wildman–Crippen LogP) is 4.74. The minimum atomic E-state index is 0.749. The highest BCUT2D eigenvalue weighted by molar-refractivity contribution is 5.34. The van der Waals surface area contributed by atoms with Gasteiger partial charge in [0, 0.05) is 18.7 Å². The quantitative estimate of drug-likeness (QED) is 0.615. The van der Waals surface area contributed by atoms with Gasteiger partial charge in [-0.2, -0.15) is 0 Å². The molecule has 0 bridgehead atoms. The summed E-state index contributed by atoms with van der Waals surface area (Å²) in [6, 6.07) is 31.3. The van der Waals surface area contributed by atoms with Crippen LogP contribution in [-0.4, -0.2) is 11.4 Å². The first kappa shape index (κ1) is 16.1. The summed E-state index contributed by atoms with van der Waals surface area (Å²) in [5.41, 5.74) is 3.70. The van der Waals surface area contributed by atoms with E-state index in [1.54, 1.807) is 0 Å². The minimum absolute atomic E-state index is 0.749. The summed E-state index contributed by atoms with van der Waals surface area (Å²) in [4.78, 5) is 2.38. The Bertz CT molecular complexity index is 741. The van der Waals surface area contributed by atoms with Crippen LogP contribution in [0.3, 0.4) is 0 Å². The molecule has 0 heterocycles. The molecule has 0 aliphatic carbocycles. The van der Waals surface area contributed by atoms with Crippen LogP contribution >= 0.6 is 0 Å². The van der Waals surface area contributed by atoms with E-state index in [9.17, 15) is 0 Å². The van der Waals surface area contributed by atoms with E-state index in [4.69, 9.17) is 0 Å². The molecule has 24 heavy (non-hydrogen) atoms. The van der Waals surface area contributed by atoms with Crippen molar-refractivity contribution in [2.24, 2.45) is 0 Å². The number of nitrogens with zero attached hydrogens (tertiary/aromatic N) is 1. The Morgan fingerprint density at radius 3 is 1.54 bits per heavy atom. The number of hydrogen-bond acceptors (Lipinski definition) is 1. The van der Waals surface area contributed by atoms with Crippen LogP contribution in [0.5, 0.6) is 0 Å². The van der Waals surface area contributed by atoms with Crippen LogP contribution in [0, 0.1) is 11.8 Å². The van der Waals surface area contributed by atoms with Crippen molar-refractivity contribution in [3.05, 3.63) is 108 Å². The van der Waals surface area contributed by atoms with Gasteiger partial charge in [0.1, 0.15) is 0 Å². The Morgan fingerprint density at radius 1 is 0.583 bits per heavy atom. The smallest absolute Gasteiger partial charge is 0.0611 e. The first-order chi connectivity index (χ1) is 11.9. The molecule has 0 unspecified atom stereocenters. The molecule has 0 saturated heterocycles. The molecule has 118 valence electrons. The van der Waals surface area contributed by atoms with E-state index in [1.165, 1.54) is 11.1 Å². The number of benzene rings is 3. The third-order valence-corrected chi connectivity index (χ3v) is 3.81. The highest BCUT2D eigenvalue weighted by Crippen LogP contribution is 2.09. The Kier molecular flexibility index (Phi) is 5.83. The summed E-state index contributed by atoms with van der Waals surface area (Å²) in [6.45, 7) is 2.55. The van der Waals surface area contributed by atoms with Crippen molar-refractivity contribution in [2.75, 3.05) is 6.54 Å². The van der Waals surface area contributed by atoms with Gasteiger partial charge < -0.3 is 0 Å². The average Bonchev–Trinajstić information content (AvgIpc) is 2.64. The van der Waals surface area contributed by atoms with Gasteiger partial charge in [-0.15, -0.1) is 0 Å². The monoisotopic (exact) mass is 311 g/mol. The lowest BCUT2D eigenvalue weighted by atomic mass is 10.1. The van der Waals surface area contributed by atoms with E-state index >= 15 is 0 Å².